The van der Waals surface area contributed by atoms with Gasteiger partial charge in [0.05, 0.1) is 10.6 Å². The molecule has 7 nitrogen and oxygen atoms in total. The van der Waals surface area contributed by atoms with Crippen molar-refractivity contribution in [3.05, 3.63) is 118 Å². The zero-order valence-corrected chi connectivity index (χ0v) is 20.2. The fourth-order valence-electron chi connectivity index (χ4n) is 4.14. The maximum Gasteiger partial charge on any atom is 0.251 e. The Bertz CT molecular complexity index is 1400. The molecule has 5 rings (SSSR count). The highest BCUT2D eigenvalue weighted by Crippen LogP contribution is 2.35. The van der Waals surface area contributed by atoms with Gasteiger partial charge in [0.15, 0.2) is 0 Å². The van der Waals surface area contributed by atoms with Gasteiger partial charge in [-0.2, -0.15) is 10.1 Å². The van der Waals surface area contributed by atoms with Crippen molar-refractivity contribution in [1.82, 2.24) is 20.1 Å². The summed E-state index contributed by atoms with van der Waals surface area (Å²) >= 11 is 6.10. The van der Waals surface area contributed by atoms with Crippen LogP contribution in [-0.2, 0) is 17.9 Å². The number of benzene rings is 3. The number of nitrogens with zero attached hydrogens (tertiary/aromatic N) is 3. The summed E-state index contributed by atoms with van der Waals surface area (Å²) in [4.78, 5) is 17.6. The number of carbonyl (C=O) groups is 1. The number of amides is 1. The molecule has 0 saturated carbocycles. The lowest BCUT2D eigenvalue weighted by molar-refractivity contribution is -0.118. The van der Waals surface area contributed by atoms with E-state index in [1.54, 1.807) is 28.9 Å². The van der Waals surface area contributed by atoms with Gasteiger partial charge in [-0.25, -0.2) is 9.07 Å². The fraction of sp³-hybridized carbons (Fsp3) is 0.148. The summed E-state index contributed by atoms with van der Waals surface area (Å²) in [5.74, 6) is 0.470. The summed E-state index contributed by atoms with van der Waals surface area (Å²) in [5.41, 5.74) is 3.35. The number of carbonyl (C=O) groups excluding carboxylic acids is 1. The van der Waals surface area contributed by atoms with E-state index in [1.165, 1.54) is 12.4 Å². The molecule has 0 radical (unpaired) electrons. The monoisotopic (exact) mass is 503 g/mol. The van der Waals surface area contributed by atoms with Crippen LogP contribution in [0.1, 0.15) is 29.7 Å². The molecule has 0 saturated heterocycles. The highest BCUT2D eigenvalue weighted by molar-refractivity contribution is 6.31. The van der Waals surface area contributed by atoms with Crippen LogP contribution in [0.25, 0.3) is 0 Å². The lowest BCUT2D eigenvalue weighted by Crippen LogP contribution is -2.34. The SMILES string of the molecule is CC1=C(C(=O)NCc2ccccc2)[C@H](c2ccc(OCc3c(F)cccc3Cl)cc2)n2ncnc2N1. The predicted octanol–water partition coefficient (Wildman–Crippen LogP) is 5.25. The first kappa shape index (κ1) is 23.6. The Hall–Kier alpha value is -4.17. The second-order valence-corrected chi connectivity index (χ2v) is 8.73. The number of halogens is 2. The fourth-order valence-corrected chi connectivity index (χ4v) is 4.36. The third-order valence-electron chi connectivity index (χ3n) is 5.98. The summed E-state index contributed by atoms with van der Waals surface area (Å²) in [7, 11) is 0. The van der Waals surface area contributed by atoms with Crippen LogP contribution in [0, 0.1) is 5.82 Å². The van der Waals surface area contributed by atoms with Crippen molar-refractivity contribution >= 4 is 23.5 Å². The first-order valence-corrected chi connectivity index (χ1v) is 11.7. The standard InChI is InChI=1S/C27H23ClFN5O2/c1-17-24(26(35)30-14-18-6-3-2-4-7-18)25(34-27(33-17)31-16-32-34)19-10-12-20(13-11-19)36-15-21-22(28)8-5-9-23(21)29/h2-13,16,25H,14-15H2,1H3,(H,30,35)(H,31,32,33)/t25-/m0/s1. The molecular weight excluding hydrogens is 481 g/mol. The minimum atomic E-state index is -0.491. The van der Waals surface area contributed by atoms with E-state index in [0.717, 1.165) is 11.1 Å². The molecule has 1 aromatic heterocycles. The minimum absolute atomic E-state index is 0.00240. The number of hydrogen-bond donors (Lipinski definition) is 2. The molecule has 182 valence electrons. The van der Waals surface area contributed by atoms with Crippen molar-refractivity contribution in [2.45, 2.75) is 26.1 Å². The van der Waals surface area contributed by atoms with Gasteiger partial charge in [0.25, 0.3) is 5.91 Å². The molecule has 1 aliphatic rings. The molecule has 36 heavy (non-hydrogen) atoms. The maximum atomic E-state index is 14.1. The normalized spacial score (nSPS) is 14.7. The summed E-state index contributed by atoms with van der Waals surface area (Å²) < 4.78 is 21.5. The van der Waals surface area contributed by atoms with Gasteiger partial charge >= 0.3 is 0 Å². The summed E-state index contributed by atoms with van der Waals surface area (Å²) in [5, 5.41) is 10.8. The van der Waals surface area contributed by atoms with E-state index in [0.29, 0.717) is 40.1 Å². The Kier molecular flexibility index (Phi) is 6.69. The van der Waals surface area contributed by atoms with Gasteiger partial charge in [0.2, 0.25) is 5.95 Å². The average Bonchev–Trinajstić information content (AvgIpc) is 3.35. The van der Waals surface area contributed by atoms with Gasteiger partial charge in [-0.15, -0.1) is 0 Å². The smallest absolute Gasteiger partial charge is 0.251 e. The second kappa shape index (κ2) is 10.2. The molecule has 9 heteroatoms. The Balaban J connectivity index is 1.38. The van der Waals surface area contributed by atoms with E-state index in [-0.39, 0.29) is 12.5 Å². The van der Waals surface area contributed by atoms with Gasteiger partial charge in [-0.3, -0.25) is 4.79 Å². The predicted molar refractivity (Wildman–Crippen MR) is 135 cm³/mol. The van der Waals surface area contributed by atoms with E-state index in [4.69, 9.17) is 16.3 Å². The second-order valence-electron chi connectivity index (χ2n) is 8.32. The van der Waals surface area contributed by atoms with Gasteiger partial charge in [0.1, 0.15) is 30.5 Å². The molecule has 0 spiro atoms. The highest BCUT2D eigenvalue weighted by Gasteiger charge is 2.33. The van der Waals surface area contributed by atoms with Crippen molar-refractivity contribution < 1.29 is 13.9 Å². The number of fused-ring (bicyclic) bond motifs is 1. The Morgan fingerprint density at radius 1 is 1.11 bits per heavy atom. The largest absolute Gasteiger partial charge is 0.489 e. The van der Waals surface area contributed by atoms with Gasteiger partial charge in [0, 0.05) is 17.8 Å². The van der Waals surface area contributed by atoms with Gasteiger partial charge in [-0.1, -0.05) is 60.1 Å². The number of anilines is 1. The number of hydrogen-bond acceptors (Lipinski definition) is 5. The first-order valence-electron chi connectivity index (χ1n) is 11.4. The molecule has 4 aromatic rings. The van der Waals surface area contributed by atoms with Crippen molar-refractivity contribution in [2.75, 3.05) is 5.32 Å². The van der Waals surface area contributed by atoms with Crippen LogP contribution in [-0.4, -0.2) is 20.7 Å². The average molecular weight is 504 g/mol. The van der Waals surface area contributed by atoms with E-state index in [1.807, 2.05) is 49.4 Å². The third kappa shape index (κ3) is 4.81. The van der Waals surface area contributed by atoms with Crippen LogP contribution < -0.4 is 15.4 Å². The molecule has 1 amide bonds. The number of nitrogens with one attached hydrogen (secondary N) is 2. The molecule has 0 fully saturated rings. The van der Waals surface area contributed by atoms with Crippen LogP contribution in [0.2, 0.25) is 5.02 Å². The molecule has 0 aliphatic carbocycles. The zero-order chi connectivity index (χ0) is 25.1. The van der Waals surface area contributed by atoms with Crippen LogP contribution in [0.5, 0.6) is 5.75 Å². The Morgan fingerprint density at radius 2 is 1.89 bits per heavy atom. The molecule has 0 bridgehead atoms. The van der Waals surface area contributed by atoms with E-state index >= 15 is 0 Å². The molecule has 1 atom stereocenters. The molecule has 0 unspecified atom stereocenters. The third-order valence-corrected chi connectivity index (χ3v) is 6.33. The lowest BCUT2D eigenvalue weighted by atomic mass is 9.95. The number of ether oxygens (including phenoxy) is 1. The van der Waals surface area contributed by atoms with Crippen molar-refractivity contribution in [3.63, 3.8) is 0 Å². The molecule has 1 aliphatic heterocycles. The van der Waals surface area contributed by atoms with Crippen LogP contribution >= 0.6 is 11.6 Å². The number of rotatable bonds is 7. The lowest BCUT2D eigenvalue weighted by Gasteiger charge is -2.28. The van der Waals surface area contributed by atoms with E-state index < -0.39 is 11.9 Å². The summed E-state index contributed by atoms with van der Waals surface area (Å²) in [6.07, 6.45) is 1.45. The van der Waals surface area contributed by atoms with E-state index in [9.17, 15) is 9.18 Å². The molecule has 3 aromatic carbocycles. The Labute approximate surface area is 212 Å². The van der Waals surface area contributed by atoms with Crippen LogP contribution in [0.4, 0.5) is 10.3 Å². The summed E-state index contributed by atoms with van der Waals surface area (Å²) in [6.45, 7) is 2.24. The molecule has 2 heterocycles. The van der Waals surface area contributed by atoms with E-state index in [2.05, 4.69) is 20.7 Å². The molecule has 2 N–H and O–H groups in total. The maximum absolute atomic E-state index is 14.1. The van der Waals surface area contributed by atoms with Crippen molar-refractivity contribution in [2.24, 2.45) is 0 Å². The topological polar surface area (TPSA) is 81.1 Å². The van der Waals surface area contributed by atoms with Crippen molar-refractivity contribution in [3.8, 4) is 5.75 Å². The van der Waals surface area contributed by atoms with Gasteiger partial charge < -0.3 is 15.4 Å². The van der Waals surface area contributed by atoms with Gasteiger partial charge in [-0.05, 0) is 42.3 Å². The van der Waals surface area contributed by atoms with Crippen LogP contribution in [0.15, 0.2) is 90.4 Å². The van der Waals surface area contributed by atoms with Crippen LogP contribution in [0.3, 0.4) is 0 Å². The molecular formula is C27H23ClFN5O2. The summed E-state index contributed by atoms with van der Waals surface area (Å²) in [6, 6.07) is 21.0. The quantitative estimate of drug-likeness (QED) is 0.360. The van der Waals surface area contributed by atoms with Crippen molar-refractivity contribution in [1.29, 1.82) is 0 Å². The highest BCUT2D eigenvalue weighted by atomic mass is 35.5. The number of allylic oxidation sites excluding steroid dienone is 1. The number of aromatic nitrogens is 3. The first-order chi connectivity index (χ1) is 17.5. The zero-order valence-electron chi connectivity index (χ0n) is 19.4. The Morgan fingerprint density at radius 3 is 2.64 bits per heavy atom. The minimum Gasteiger partial charge on any atom is -0.489 e.